The van der Waals surface area contributed by atoms with Crippen LogP contribution in [-0.4, -0.2) is 19.0 Å². The average Bonchev–Trinajstić information content (AvgIpc) is 2.27. The zero-order valence-electron chi connectivity index (χ0n) is 10.7. The van der Waals surface area contributed by atoms with Crippen molar-refractivity contribution in [3.8, 4) is 0 Å². The Kier molecular flexibility index (Phi) is 7.29. The van der Waals surface area contributed by atoms with Crippen molar-refractivity contribution in [1.29, 1.82) is 0 Å². The number of nitrogens with one attached hydrogen (secondary N) is 1. The summed E-state index contributed by atoms with van der Waals surface area (Å²) in [5.74, 6) is -0.0115. The zero-order chi connectivity index (χ0) is 12.9. The first kappa shape index (κ1) is 17.2. The standard InChI is InChI=1S/C13H19ClN2O.ClH/c1-13(2,9-16-12(17)6-7-15)10-4-3-5-11(14)8-10;/h3-5,8H,6-7,9,15H2,1-2H3,(H,16,17);1H. The van der Waals surface area contributed by atoms with Gasteiger partial charge in [0.2, 0.25) is 5.91 Å². The van der Waals surface area contributed by atoms with Crippen LogP contribution in [0.25, 0.3) is 0 Å². The van der Waals surface area contributed by atoms with Crippen molar-refractivity contribution in [3.63, 3.8) is 0 Å². The number of carbonyl (C=O) groups is 1. The number of benzene rings is 1. The van der Waals surface area contributed by atoms with E-state index < -0.39 is 0 Å². The van der Waals surface area contributed by atoms with E-state index in [1.165, 1.54) is 0 Å². The normalized spacial score (nSPS) is 10.7. The maximum absolute atomic E-state index is 11.4. The van der Waals surface area contributed by atoms with Crippen LogP contribution in [0.4, 0.5) is 0 Å². The van der Waals surface area contributed by atoms with Crippen molar-refractivity contribution >= 4 is 29.9 Å². The number of hydrogen-bond acceptors (Lipinski definition) is 2. The molecule has 0 saturated heterocycles. The van der Waals surface area contributed by atoms with E-state index in [9.17, 15) is 4.79 Å². The molecule has 0 saturated carbocycles. The summed E-state index contributed by atoms with van der Waals surface area (Å²) in [5.41, 5.74) is 6.29. The lowest BCUT2D eigenvalue weighted by Gasteiger charge is -2.25. The quantitative estimate of drug-likeness (QED) is 0.875. The molecule has 0 aliphatic heterocycles. The molecule has 0 fully saturated rings. The van der Waals surface area contributed by atoms with Gasteiger partial charge in [0.05, 0.1) is 0 Å². The minimum Gasteiger partial charge on any atom is -0.355 e. The van der Waals surface area contributed by atoms with Crippen molar-refractivity contribution < 1.29 is 4.79 Å². The fraction of sp³-hybridized carbons (Fsp3) is 0.462. The second-order valence-corrected chi connectivity index (χ2v) is 5.15. The molecule has 18 heavy (non-hydrogen) atoms. The number of nitrogens with two attached hydrogens (primary N) is 1. The Bertz CT molecular complexity index is 394. The monoisotopic (exact) mass is 290 g/mol. The van der Waals surface area contributed by atoms with E-state index in [-0.39, 0.29) is 23.7 Å². The van der Waals surface area contributed by atoms with Gasteiger partial charge < -0.3 is 11.1 Å². The second-order valence-electron chi connectivity index (χ2n) is 4.71. The molecule has 0 unspecified atom stereocenters. The van der Waals surface area contributed by atoms with Crippen molar-refractivity contribution in [3.05, 3.63) is 34.9 Å². The molecular formula is C13H20Cl2N2O. The van der Waals surface area contributed by atoms with E-state index in [4.69, 9.17) is 17.3 Å². The molecule has 0 aliphatic carbocycles. The largest absolute Gasteiger partial charge is 0.355 e. The maximum atomic E-state index is 11.4. The van der Waals surface area contributed by atoms with Crippen LogP contribution in [-0.2, 0) is 10.2 Å². The Hall–Kier alpha value is -0.770. The van der Waals surface area contributed by atoms with Crippen molar-refractivity contribution in [2.75, 3.05) is 13.1 Å². The van der Waals surface area contributed by atoms with Gasteiger partial charge in [-0.25, -0.2) is 0 Å². The molecule has 0 aliphatic rings. The van der Waals surface area contributed by atoms with E-state index in [1.807, 2.05) is 24.3 Å². The van der Waals surface area contributed by atoms with Crippen molar-refractivity contribution in [2.45, 2.75) is 25.7 Å². The van der Waals surface area contributed by atoms with Gasteiger partial charge in [0.1, 0.15) is 0 Å². The van der Waals surface area contributed by atoms with Gasteiger partial charge in [-0.05, 0) is 17.7 Å². The molecule has 0 radical (unpaired) electrons. The van der Waals surface area contributed by atoms with Crippen LogP contribution in [0.2, 0.25) is 5.02 Å². The van der Waals surface area contributed by atoms with E-state index in [0.29, 0.717) is 24.5 Å². The number of amides is 1. The van der Waals surface area contributed by atoms with Crippen LogP contribution < -0.4 is 11.1 Å². The van der Waals surface area contributed by atoms with Gasteiger partial charge in [-0.3, -0.25) is 4.79 Å². The van der Waals surface area contributed by atoms with E-state index >= 15 is 0 Å². The molecule has 1 aromatic carbocycles. The van der Waals surface area contributed by atoms with E-state index in [2.05, 4.69) is 19.2 Å². The topological polar surface area (TPSA) is 55.1 Å². The smallest absolute Gasteiger partial charge is 0.221 e. The maximum Gasteiger partial charge on any atom is 0.221 e. The fourth-order valence-corrected chi connectivity index (χ4v) is 1.74. The second kappa shape index (κ2) is 7.62. The van der Waals surface area contributed by atoms with Crippen LogP contribution in [0, 0.1) is 0 Å². The van der Waals surface area contributed by atoms with E-state index in [1.54, 1.807) is 0 Å². The average molecular weight is 291 g/mol. The minimum atomic E-state index is -0.144. The Morgan fingerprint density at radius 3 is 2.67 bits per heavy atom. The molecule has 5 heteroatoms. The number of carbonyl (C=O) groups excluding carboxylic acids is 1. The van der Waals surface area contributed by atoms with Crippen molar-refractivity contribution in [1.82, 2.24) is 5.32 Å². The van der Waals surface area contributed by atoms with Crippen LogP contribution in [0.1, 0.15) is 25.8 Å². The number of halogens is 2. The predicted octanol–water partition coefficient (Wildman–Crippen LogP) is 2.50. The van der Waals surface area contributed by atoms with Gasteiger partial charge in [0.25, 0.3) is 0 Å². The molecule has 3 N–H and O–H groups in total. The van der Waals surface area contributed by atoms with Gasteiger partial charge in [-0.15, -0.1) is 12.4 Å². The molecule has 1 rings (SSSR count). The Balaban J connectivity index is 0.00000289. The molecule has 1 amide bonds. The summed E-state index contributed by atoms with van der Waals surface area (Å²) in [4.78, 5) is 11.4. The first-order valence-corrected chi connectivity index (χ1v) is 6.06. The fourth-order valence-electron chi connectivity index (χ4n) is 1.55. The SMILES string of the molecule is CC(C)(CNC(=O)CCN)c1cccc(Cl)c1.Cl. The van der Waals surface area contributed by atoms with Crippen LogP contribution in [0.3, 0.4) is 0 Å². The van der Waals surface area contributed by atoms with E-state index in [0.717, 1.165) is 5.56 Å². The highest BCUT2D eigenvalue weighted by molar-refractivity contribution is 6.30. The summed E-state index contributed by atoms with van der Waals surface area (Å²) in [6.45, 7) is 5.10. The van der Waals surface area contributed by atoms with Gasteiger partial charge in [-0.1, -0.05) is 37.6 Å². The van der Waals surface area contributed by atoms with Crippen LogP contribution in [0.15, 0.2) is 24.3 Å². The summed E-state index contributed by atoms with van der Waals surface area (Å²) < 4.78 is 0. The summed E-state index contributed by atoms with van der Waals surface area (Å²) >= 11 is 5.96. The van der Waals surface area contributed by atoms with Crippen LogP contribution in [0.5, 0.6) is 0 Å². The first-order valence-electron chi connectivity index (χ1n) is 5.68. The Morgan fingerprint density at radius 2 is 2.11 bits per heavy atom. The molecule has 102 valence electrons. The lowest BCUT2D eigenvalue weighted by molar-refractivity contribution is -0.121. The van der Waals surface area contributed by atoms with Crippen molar-refractivity contribution in [2.24, 2.45) is 5.73 Å². The summed E-state index contributed by atoms with van der Waals surface area (Å²) in [6.07, 6.45) is 0.367. The molecule has 0 bridgehead atoms. The number of hydrogen-bond donors (Lipinski definition) is 2. The number of rotatable bonds is 5. The molecular weight excluding hydrogens is 271 g/mol. The third kappa shape index (κ3) is 5.25. The molecule has 0 heterocycles. The van der Waals surface area contributed by atoms with Gasteiger partial charge in [0.15, 0.2) is 0 Å². The summed E-state index contributed by atoms with van der Waals surface area (Å²) in [7, 11) is 0. The predicted molar refractivity (Wildman–Crippen MR) is 78.4 cm³/mol. The van der Waals surface area contributed by atoms with Gasteiger partial charge in [-0.2, -0.15) is 0 Å². The molecule has 0 aromatic heterocycles. The van der Waals surface area contributed by atoms with Gasteiger partial charge >= 0.3 is 0 Å². The molecule has 0 spiro atoms. The highest BCUT2D eigenvalue weighted by Crippen LogP contribution is 2.24. The molecule has 1 aromatic rings. The molecule has 0 atom stereocenters. The third-order valence-corrected chi connectivity index (χ3v) is 2.94. The van der Waals surface area contributed by atoms with Crippen LogP contribution >= 0.6 is 24.0 Å². The highest BCUT2D eigenvalue weighted by atomic mass is 35.5. The lowest BCUT2D eigenvalue weighted by Crippen LogP contribution is -2.37. The lowest BCUT2D eigenvalue weighted by atomic mass is 9.84. The first-order chi connectivity index (χ1) is 7.95. The molecule has 3 nitrogen and oxygen atoms in total. The Labute approximate surface area is 119 Å². The Morgan fingerprint density at radius 1 is 1.44 bits per heavy atom. The summed E-state index contributed by atoms with van der Waals surface area (Å²) in [6, 6.07) is 7.70. The minimum absolute atomic E-state index is 0. The zero-order valence-corrected chi connectivity index (χ0v) is 12.3. The summed E-state index contributed by atoms with van der Waals surface area (Å²) in [5, 5.41) is 3.59. The van der Waals surface area contributed by atoms with Gasteiger partial charge in [0, 0.05) is 29.9 Å². The highest BCUT2D eigenvalue weighted by Gasteiger charge is 2.21. The third-order valence-electron chi connectivity index (χ3n) is 2.70.